The minimum atomic E-state index is 0.201. The van der Waals surface area contributed by atoms with Crippen molar-refractivity contribution in [3.63, 3.8) is 0 Å². The van der Waals surface area contributed by atoms with E-state index in [2.05, 4.69) is 31.5 Å². The predicted octanol–water partition coefficient (Wildman–Crippen LogP) is 1.86. The lowest BCUT2D eigenvalue weighted by atomic mass is 10.2. The van der Waals surface area contributed by atoms with Crippen LogP contribution in [0.3, 0.4) is 0 Å². The number of nitrogens with two attached hydrogens (primary N) is 1. The van der Waals surface area contributed by atoms with Crippen molar-refractivity contribution in [2.75, 3.05) is 12.3 Å². The Kier molecular flexibility index (Phi) is 3.48. The summed E-state index contributed by atoms with van der Waals surface area (Å²) in [4.78, 5) is 0. The zero-order valence-electron chi connectivity index (χ0n) is 10.3. The van der Waals surface area contributed by atoms with Gasteiger partial charge < -0.3 is 10.5 Å². The van der Waals surface area contributed by atoms with Gasteiger partial charge in [-0.3, -0.25) is 0 Å². The molecular weight excluding hydrogens is 310 g/mol. The van der Waals surface area contributed by atoms with Crippen LogP contribution in [0.1, 0.15) is 12.8 Å². The summed E-state index contributed by atoms with van der Waals surface area (Å²) in [5.41, 5.74) is 7.42. The average molecular weight is 324 g/mol. The second kappa shape index (κ2) is 5.26. The van der Waals surface area contributed by atoms with Crippen molar-refractivity contribution in [3.05, 3.63) is 22.7 Å². The molecule has 0 amide bonds. The molecule has 2 N–H and O–H groups in total. The summed E-state index contributed by atoms with van der Waals surface area (Å²) in [6, 6.07) is 5.66. The summed E-state index contributed by atoms with van der Waals surface area (Å²) in [7, 11) is 0. The molecule has 1 aliphatic heterocycles. The van der Waals surface area contributed by atoms with Gasteiger partial charge in [-0.05, 0) is 41.5 Å². The second-order valence-corrected chi connectivity index (χ2v) is 5.51. The lowest BCUT2D eigenvalue weighted by Crippen LogP contribution is -2.17. The van der Waals surface area contributed by atoms with Gasteiger partial charge in [0.05, 0.1) is 12.6 Å². The summed E-state index contributed by atoms with van der Waals surface area (Å²) in [6.07, 6.45) is 2.36. The topological polar surface area (TPSA) is 78.9 Å². The van der Waals surface area contributed by atoms with Gasteiger partial charge in [0.2, 0.25) is 0 Å². The molecule has 1 fully saturated rings. The molecule has 0 bridgehead atoms. The van der Waals surface area contributed by atoms with Crippen LogP contribution < -0.4 is 5.73 Å². The Hall–Kier alpha value is -1.47. The van der Waals surface area contributed by atoms with Crippen molar-refractivity contribution in [2.24, 2.45) is 0 Å². The van der Waals surface area contributed by atoms with Crippen molar-refractivity contribution in [2.45, 2.75) is 25.5 Å². The van der Waals surface area contributed by atoms with Gasteiger partial charge in [0, 0.05) is 22.3 Å². The third kappa shape index (κ3) is 2.76. The molecule has 2 heterocycles. The molecule has 1 unspecified atom stereocenters. The van der Waals surface area contributed by atoms with Crippen LogP contribution in [0, 0.1) is 0 Å². The van der Waals surface area contributed by atoms with Crippen molar-refractivity contribution < 1.29 is 4.74 Å². The summed E-state index contributed by atoms with van der Waals surface area (Å²) < 4.78 is 8.30. The van der Waals surface area contributed by atoms with Crippen molar-refractivity contribution in [1.29, 1.82) is 0 Å². The monoisotopic (exact) mass is 323 g/mol. The van der Waals surface area contributed by atoms with Gasteiger partial charge in [0.15, 0.2) is 5.82 Å². The Balaban J connectivity index is 1.90. The number of nitrogen functional groups attached to an aromatic ring is 1. The first-order valence-corrected chi connectivity index (χ1v) is 6.96. The van der Waals surface area contributed by atoms with E-state index in [4.69, 9.17) is 10.5 Å². The number of ether oxygens (including phenoxy) is 1. The van der Waals surface area contributed by atoms with Gasteiger partial charge in [0.25, 0.3) is 0 Å². The predicted molar refractivity (Wildman–Crippen MR) is 74.3 cm³/mol. The summed E-state index contributed by atoms with van der Waals surface area (Å²) in [6.45, 7) is 1.50. The number of nitrogens with zero attached hydrogens (tertiary/aromatic N) is 4. The van der Waals surface area contributed by atoms with E-state index < -0.39 is 0 Å². The molecular formula is C12H14BrN5O. The molecule has 0 saturated carbocycles. The van der Waals surface area contributed by atoms with Crippen LogP contribution in [-0.4, -0.2) is 32.9 Å². The lowest BCUT2D eigenvalue weighted by molar-refractivity contribution is 0.0939. The van der Waals surface area contributed by atoms with Gasteiger partial charge in [0.1, 0.15) is 0 Å². The van der Waals surface area contributed by atoms with Crippen molar-refractivity contribution in [3.8, 4) is 11.4 Å². The standard InChI is InChI=1S/C12H14BrN5O/c13-9-4-8(5-10(14)6-9)12-15-16-17-18(12)7-11-2-1-3-19-11/h4-6,11H,1-3,7,14H2. The molecule has 19 heavy (non-hydrogen) atoms. The molecule has 3 rings (SSSR count). The maximum atomic E-state index is 5.85. The van der Waals surface area contributed by atoms with Gasteiger partial charge >= 0.3 is 0 Å². The van der Waals surface area contributed by atoms with Crippen LogP contribution in [0.15, 0.2) is 22.7 Å². The van der Waals surface area contributed by atoms with Crippen LogP contribution in [0.5, 0.6) is 0 Å². The van der Waals surface area contributed by atoms with E-state index in [0.717, 1.165) is 29.5 Å². The van der Waals surface area contributed by atoms with Crippen LogP contribution in [0.2, 0.25) is 0 Å². The van der Waals surface area contributed by atoms with Gasteiger partial charge in [-0.2, -0.15) is 0 Å². The van der Waals surface area contributed by atoms with Crippen molar-refractivity contribution >= 4 is 21.6 Å². The third-order valence-electron chi connectivity index (χ3n) is 3.11. The second-order valence-electron chi connectivity index (χ2n) is 4.59. The number of hydrogen-bond acceptors (Lipinski definition) is 5. The van der Waals surface area contributed by atoms with Crippen LogP contribution in [0.25, 0.3) is 11.4 Å². The number of rotatable bonds is 3. The van der Waals surface area contributed by atoms with Crippen LogP contribution >= 0.6 is 15.9 Å². The summed E-state index contributed by atoms with van der Waals surface area (Å²) >= 11 is 3.43. The molecule has 1 saturated heterocycles. The van der Waals surface area contributed by atoms with Gasteiger partial charge in [-0.25, -0.2) is 4.68 Å². The van der Waals surface area contributed by atoms with E-state index in [1.54, 1.807) is 4.68 Å². The number of aromatic nitrogens is 4. The highest BCUT2D eigenvalue weighted by Crippen LogP contribution is 2.25. The zero-order valence-corrected chi connectivity index (χ0v) is 11.9. The molecule has 100 valence electrons. The highest BCUT2D eigenvalue weighted by atomic mass is 79.9. The number of hydrogen-bond donors (Lipinski definition) is 1. The maximum Gasteiger partial charge on any atom is 0.182 e. The fourth-order valence-electron chi connectivity index (χ4n) is 2.26. The molecule has 1 aromatic carbocycles. The molecule has 1 atom stereocenters. The Bertz CT molecular complexity index is 559. The normalized spacial score (nSPS) is 18.9. The SMILES string of the molecule is Nc1cc(Br)cc(-c2nnnn2CC2CCCO2)c1. The minimum Gasteiger partial charge on any atom is -0.399 e. The molecule has 0 radical (unpaired) electrons. The lowest BCUT2D eigenvalue weighted by Gasteiger charge is -2.10. The Labute approximate surface area is 119 Å². The largest absolute Gasteiger partial charge is 0.399 e. The van der Waals surface area contributed by atoms with Crippen LogP contribution in [-0.2, 0) is 11.3 Å². The zero-order chi connectivity index (χ0) is 13.2. The molecule has 6 nitrogen and oxygen atoms in total. The number of halogens is 1. The Morgan fingerprint density at radius 2 is 2.32 bits per heavy atom. The van der Waals surface area contributed by atoms with E-state index >= 15 is 0 Å². The first-order chi connectivity index (χ1) is 9.22. The fraction of sp³-hybridized carbons (Fsp3) is 0.417. The molecule has 0 spiro atoms. The van der Waals surface area contributed by atoms with E-state index in [1.807, 2.05) is 18.2 Å². The van der Waals surface area contributed by atoms with Gasteiger partial charge in [-0.1, -0.05) is 15.9 Å². The highest BCUT2D eigenvalue weighted by Gasteiger charge is 2.19. The van der Waals surface area contributed by atoms with E-state index in [-0.39, 0.29) is 6.10 Å². The van der Waals surface area contributed by atoms with Gasteiger partial charge in [-0.15, -0.1) is 5.10 Å². The Morgan fingerprint density at radius 1 is 1.42 bits per heavy atom. The quantitative estimate of drug-likeness (QED) is 0.872. The fourth-order valence-corrected chi connectivity index (χ4v) is 2.77. The van der Waals surface area contributed by atoms with Crippen LogP contribution in [0.4, 0.5) is 5.69 Å². The summed E-state index contributed by atoms with van der Waals surface area (Å²) in [5.74, 6) is 0.712. The molecule has 2 aromatic rings. The van der Waals surface area contributed by atoms with E-state index in [9.17, 15) is 0 Å². The number of benzene rings is 1. The average Bonchev–Trinajstić information content (AvgIpc) is 2.99. The summed E-state index contributed by atoms with van der Waals surface area (Å²) in [5, 5.41) is 11.9. The smallest absolute Gasteiger partial charge is 0.182 e. The highest BCUT2D eigenvalue weighted by molar-refractivity contribution is 9.10. The Morgan fingerprint density at radius 3 is 3.05 bits per heavy atom. The van der Waals surface area contributed by atoms with Crippen molar-refractivity contribution in [1.82, 2.24) is 20.2 Å². The first kappa shape index (κ1) is 12.6. The molecule has 1 aromatic heterocycles. The molecule has 0 aliphatic carbocycles. The van der Waals surface area contributed by atoms with E-state index in [0.29, 0.717) is 18.1 Å². The molecule has 1 aliphatic rings. The number of tetrazole rings is 1. The first-order valence-electron chi connectivity index (χ1n) is 6.16. The maximum absolute atomic E-state index is 5.85. The minimum absolute atomic E-state index is 0.201. The molecule has 7 heteroatoms. The number of anilines is 1. The third-order valence-corrected chi connectivity index (χ3v) is 3.57. The van der Waals surface area contributed by atoms with E-state index in [1.165, 1.54) is 0 Å².